The maximum absolute atomic E-state index is 12.5. The first-order chi connectivity index (χ1) is 9.93. The molecular formula is C16H20N2O2S. The Hall–Kier alpha value is -1.85. The zero-order valence-electron chi connectivity index (χ0n) is 12.3. The molecule has 21 heavy (non-hydrogen) atoms. The summed E-state index contributed by atoms with van der Waals surface area (Å²) < 4.78 is 26.3. The van der Waals surface area contributed by atoms with Gasteiger partial charge in [0.25, 0.3) is 0 Å². The third-order valence-electron chi connectivity index (χ3n) is 3.42. The highest BCUT2D eigenvalue weighted by Crippen LogP contribution is 2.18. The monoisotopic (exact) mass is 304 g/mol. The molecule has 0 spiro atoms. The molecule has 2 aromatic rings. The number of rotatable bonds is 5. The molecule has 2 rings (SSSR count). The van der Waals surface area contributed by atoms with E-state index >= 15 is 0 Å². The predicted molar refractivity (Wildman–Crippen MR) is 85.3 cm³/mol. The third-order valence-corrected chi connectivity index (χ3v) is 5.24. The van der Waals surface area contributed by atoms with Gasteiger partial charge in [-0.15, -0.1) is 0 Å². The van der Waals surface area contributed by atoms with Crippen molar-refractivity contribution >= 4 is 15.7 Å². The van der Waals surface area contributed by atoms with E-state index in [2.05, 4.69) is 6.92 Å². The highest BCUT2D eigenvalue weighted by molar-refractivity contribution is 7.89. The first-order valence-electron chi connectivity index (χ1n) is 6.83. The largest absolute Gasteiger partial charge is 0.399 e. The van der Waals surface area contributed by atoms with Crippen LogP contribution in [-0.2, 0) is 23.0 Å². The fourth-order valence-electron chi connectivity index (χ4n) is 2.04. The molecule has 0 saturated heterocycles. The summed E-state index contributed by atoms with van der Waals surface area (Å²) in [5.74, 6) is 0. The molecule has 0 heterocycles. The smallest absolute Gasteiger partial charge is 0.243 e. The summed E-state index contributed by atoms with van der Waals surface area (Å²) in [6.07, 6.45) is 0.972. The molecule has 2 aromatic carbocycles. The Morgan fingerprint density at radius 3 is 2.00 bits per heavy atom. The van der Waals surface area contributed by atoms with Crippen LogP contribution in [0.3, 0.4) is 0 Å². The summed E-state index contributed by atoms with van der Waals surface area (Å²) >= 11 is 0. The zero-order chi connectivity index (χ0) is 15.5. The minimum Gasteiger partial charge on any atom is -0.399 e. The van der Waals surface area contributed by atoms with E-state index in [-0.39, 0.29) is 4.90 Å². The normalized spacial score (nSPS) is 11.8. The highest BCUT2D eigenvalue weighted by atomic mass is 32.2. The lowest BCUT2D eigenvalue weighted by atomic mass is 10.1. The molecule has 0 fully saturated rings. The van der Waals surface area contributed by atoms with Crippen molar-refractivity contribution in [2.24, 2.45) is 0 Å². The van der Waals surface area contributed by atoms with Crippen molar-refractivity contribution in [2.45, 2.75) is 24.8 Å². The van der Waals surface area contributed by atoms with E-state index in [0.29, 0.717) is 12.2 Å². The third kappa shape index (κ3) is 3.62. The minimum absolute atomic E-state index is 0.254. The van der Waals surface area contributed by atoms with Crippen molar-refractivity contribution in [3.63, 3.8) is 0 Å². The first-order valence-corrected chi connectivity index (χ1v) is 8.27. The average molecular weight is 304 g/mol. The number of anilines is 1. The van der Waals surface area contributed by atoms with Crippen LogP contribution in [-0.4, -0.2) is 19.8 Å². The van der Waals surface area contributed by atoms with Gasteiger partial charge in [-0.05, 0) is 41.8 Å². The number of nitrogens with zero attached hydrogens (tertiary/aromatic N) is 1. The van der Waals surface area contributed by atoms with Crippen molar-refractivity contribution in [1.82, 2.24) is 4.31 Å². The first kappa shape index (κ1) is 15.5. The molecule has 0 unspecified atom stereocenters. The number of hydrogen-bond acceptors (Lipinski definition) is 3. The van der Waals surface area contributed by atoms with Crippen LogP contribution in [0.15, 0.2) is 53.4 Å². The summed E-state index contributed by atoms with van der Waals surface area (Å²) in [6.45, 7) is 2.43. The van der Waals surface area contributed by atoms with Gasteiger partial charge in [-0.2, -0.15) is 4.31 Å². The molecule has 4 nitrogen and oxygen atoms in total. The van der Waals surface area contributed by atoms with E-state index in [0.717, 1.165) is 12.0 Å². The van der Waals surface area contributed by atoms with Gasteiger partial charge < -0.3 is 5.73 Å². The van der Waals surface area contributed by atoms with E-state index in [9.17, 15) is 8.42 Å². The lowest BCUT2D eigenvalue weighted by Crippen LogP contribution is -2.26. The van der Waals surface area contributed by atoms with Gasteiger partial charge in [0.1, 0.15) is 0 Å². The van der Waals surface area contributed by atoms with Crippen LogP contribution in [0.1, 0.15) is 18.1 Å². The van der Waals surface area contributed by atoms with E-state index in [1.54, 1.807) is 19.2 Å². The Labute approximate surface area is 126 Å². The van der Waals surface area contributed by atoms with Crippen LogP contribution in [0, 0.1) is 0 Å². The lowest BCUT2D eigenvalue weighted by Gasteiger charge is -2.17. The van der Waals surface area contributed by atoms with Crippen molar-refractivity contribution in [2.75, 3.05) is 12.8 Å². The average Bonchev–Trinajstić information content (AvgIpc) is 2.48. The topological polar surface area (TPSA) is 63.4 Å². The van der Waals surface area contributed by atoms with E-state index in [4.69, 9.17) is 5.73 Å². The molecule has 0 aromatic heterocycles. The molecular weight excluding hydrogens is 284 g/mol. The van der Waals surface area contributed by atoms with Crippen molar-refractivity contribution < 1.29 is 8.42 Å². The molecule has 0 aliphatic heterocycles. The van der Waals surface area contributed by atoms with Gasteiger partial charge in [0.15, 0.2) is 0 Å². The van der Waals surface area contributed by atoms with Crippen molar-refractivity contribution in [3.05, 3.63) is 59.7 Å². The van der Waals surface area contributed by atoms with Crippen LogP contribution >= 0.6 is 0 Å². The fourth-order valence-corrected chi connectivity index (χ4v) is 3.20. The van der Waals surface area contributed by atoms with Crippen molar-refractivity contribution in [3.8, 4) is 0 Å². The summed E-state index contributed by atoms with van der Waals surface area (Å²) in [7, 11) is -1.91. The minimum atomic E-state index is -3.49. The Morgan fingerprint density at radius 1 is 0.952 bits per heavy atom. The SMILES string of the molecule is CCc1ccc(CN(C)S(=O)(=O)c2ccc(N)cc2)cc1. The standard InChI is InChI=1S/C16H20N2O2S/c1-3-13-4-6-14(7-5-13)12-18(2)21(19,20)16-10-8-15(17)9-11-16/h4-11H,3,12,17H2,1-2H3. The molecule has 2 N–H and O–H groups in total. The van der Waals surface area contributed by atoms with Gasteiger partial charge in [-0.3, -0.25) is 0 Å². The molecule has 0 aliphatic carbocycles. The summed E-state index contributed by atoms with van der Waals surface area (Å²) in [5, 5.41) is 0. The Bertz CT molecular complexity index is 692. The number of hydrogen-bond donors (Lipinski definition) is 1. The van der Waals surface area contributed by atoms with Crippen LogP contribution in [0.25, 0.3) is 0 Å². The number of nitrogen functional groups attached to an aromatic ring is 1. The van der Waals surface area contributed by atoms with Crippen LogP contribution < -0.4 is 5.73 Å². The molecule has 0 saturated carbocycles. The molecule has 0 aliphatic rings. The molecule has 0 bridgehead atoms. The number of benzene rings is 2. The maximum atomic E-state index is 12.5. The quantitative estimate of drug-likeness (QED) is 0.864. The second-order valence-electron chi connectivity index (χ2n) is 5.00. The molecule has 0 radical (unpaired) electrons. The summed E-state index contributed by atoms with van der Waals surface area (Å²) in [4.78, 5) is 0.254. The van der Waals surface area contributed by atoms with Gasteiger partial charge in [0.05, 0.1) is 4.90 Å². The van der Waals surface area contributed by atoms with E-state index in [1.807, 2.05) is 24.3 Å². The fraction of sp³-hybridized carbons (Fsp3) is 0.250. The second-order valence-corrected chi connectivity index (χ2v) is 7.05. The maximum Gasteiger partial charge on any atom is 0.243 e. The lowest BCUT2D eigenvalue weighted by molar-refractivity contribution is 0.466. The molecule has 112 valence electrons. The van der Waals surface area contributed by atoms with Crippen LogP contribution in [0.5, 0.6) is 0 Å². The van der Waals surface area contributed by atoms with Gasteiger partial charge in [-0.25, -0.2) is 8.42 Å². The molecule has 0 amide bonds. The Morgan fingerprint density at radius 2 is 1.48 bits per heavy atom. The molecule has 5 heteroatoms. The highest BCUT2D eigenvalue weighted by Gasteiger charge is 2.20. The Balaban J connectivity index is 2.17. The molecule has 0 atom stereocenters. The van der Waals surface area contributed by atoms with Gasteiger partial charge in [0, 0.05) is 19.3 Å². The van der Waals surface area contributed by atoms with Gasteiger partial charge in [-0.1, -0.05) is 31.2 Å². The predicted octanol–water partition coefficient (Wildman–Crippen LogP) is 2.65. The zero-order valence-corrected chi connectivity index (χ0v) is 13.1. The van der Waals surface area contributed by atoms with E-state index < -0.39 is 10.0 Å². The number of aryl methyl sites for hydroxylation is 1. The summed E-state index contributed by atoms with van der Waals surface area (Å²) in [6, 6.07) is 14.2. The van der Waals surface area contributed by atoms with E-state index in [1.165, 1.54) is 22.0 Å². The summed E-state index contributed by atoms with van der Waals surface area (Å²) in [5.41, 5.74) is 8.34. The Kier molecular flexibility index (Phi) is 4.65. The van der Waals surface area contributed by atoms with Crippen molar-refractivity contribution in [1.29, 1.82) is 0 Å². The van der Waals surface area contributed by atoms with Crippen LogP contribution in [0.4, 0.5) is 5.69 Å². The second kappa shape index (κ2) is 6.28. The van der Waals surface area contributed by atoms with Gasteiger partial charge >= 0.3 is 0 Å². The number of nitrogens with two attached hydrogens (primary N) is 1. The number of sulfonamides is 1. The van der Waals surface area contributed by atoms with Crippen LogP contribution in [0.2, 0.25) is 0 Å². The van der Waals surface area contributed by atoms with Gasteiger partial charge in [0.2, 0.25) is 10.0 Å².